The van der Waals surface area contributed by atoms with E-state index in [1.54, 1.807) is 11.3 Å². The maximum absolute atomic E-state index is 5.98. The van der Waals surface area contributed by atoms with Gasteiger partial charge in [-0.05, 0) is 52.7 Å². The first-order valence-electron chi connectivity index (χ1n) is 5.72. The van der Waals surface area contributed by atoms with E-state index in [9.17, 15) is 0 Å². The summed E-state index contributed by atoms with van der Waals surface area (Å²) in [6, 6.07) is 12.0. The van der Waals surface area contributed by atoms with Crippen molar-refractivity contribution in [3.63, 3.8) is 0 Å². The van der Waals surface area contributed by atoms with Crippen molar-refractivity contribution in [2.24, 2.45) is 0 Å². The van der Waals surface area contributed by atoms with Gasteiger partial charge in [0.05, 0.1) is 15.2 Å². The molecule has 0 saturated heterocycles. The zero-order chi connectivity index (χ0) is 13.4. The van der Waals surface area contributed by atoms with Gasteiger partial charge in [0.1, 0.15) is 0 Å². The number of rotatable bonds is 2. The lowest BCUT2D eigenvalue weighted by Crippen LogP contribution is -1.89. The largest absolute Gasteiger partial charge is 0.331 e. The molecule has 3 rings (SSSR count). The summed E-state index contributed by atoms with van der Waals surface area (Å²) in [6.45, 7) is 2.07. The highest BCUT2D eigenvalue weighted by Crippen LogP contribution is 2.32. The molecule has 3 aromatic rings. The third-order valence-electron chi connectivity index (χ3n) is 2.79. The quantitative estimate of drug-likeness (QED) is 0.633. The molecule has 0 atom stereocenters. The first-order chi connectivity index (χ1) is 9.13. The molecule has 0 bridgehead atoms. The third-order valence-corrected chi connectivity index (χ3v) is 4.94. The van der Waals surface area contributed by atoms with Gasteiger partial charge < -0.3 is 5.32 Å². The van der Waals surface area contributed by atoms with Gasteiger partial charge in [0.25, 0.3) is 0 Å². The highest BCUT2D eigenvalue weighted by atomic mass is 79.9. The van der Waals surface area contributed by atoms with E-state index in [1.165, 1.54) is 10.3 Å². The van der Waals surface area contributed by atoms with Crippen LogP contribution in [0.15, 0.2) is 40.9 Å². The molecule has 0 aliphatic rings. The molecule has 0 saturated carbocycles. The van der Waals surface area contributed by atoms with Gasteiger partial charge in [-0.1, -0.05) is 35.1 Å². The van der Waals surface area contributed by atoms with Gasteiger partial charge in [-0.15, -0.1) is 0 Å². The maximum Gasteiger partial charge on any atom is 0.188 e. The Morgan fingerprint density at radius 2 is 2.11 bits per heavy atom. The van der Waals surface area contributed by atoms with Crippen molar-refractivity contribution in [1.82, 2.24) is 4.98 Å². The van der Waals surface area contributed by atoms with Crippen LogP contribution in [0.25, 0.3) is 10.2 Å². The molecule has 0 unspecified atom stereocenters. The number of anilines is 2. The molecule has 0 amide bonds. The second-order valence-electron chi connectivity index (χ2n) is 4.19. The lowest BCUT2D eigenvalue weighted by molar-refractivity contribution is 1.40. The molecule has 0 radical (unpaired) electrons. The van der Waals surface area contributed by atoms with Gasteiger partial charge in [-0.3, -0.25) is 0 Å². The van der Waals surface area contributed by atoms with Crippen LogP contribution in [0, 0.1) is 6.92 Å². The molecule has 5 heteroatoms. The maximum atomic E-state index is 5.98. The van der Waals surface area contributed by atoms with E-state index < -0.39 is 0 Å². The van der Waals surface area contributed by atoms with Gasteiger partial charge in [0.15, 0.2) is 5.13 Å². The molecule has 19 heavy (non-hydrogen) atoms. The predicted molar refractivity (Wildman–Crippen MR) is 86.8 cm³/mol. The zero-order valence-electron chi connectivity index (χ0n) is 10.1. The lowest BCUT2D eigenvalue weighted by Gasteiger charge is -2.03. The number of para-hydroxylation sites is 1. The SMILES string of the molecule is Cc1cccc2sc(Nc3ccc(Cl)c(Br)c3)nc12. The number of fused-ring (bicyclic) bond motifs is 1. The number of nitrogens with one attached hydrogen (secondary N) is 1. The van der Waals surface area contributed by atoms with Crippen LogP contribution in [-0.2, 0) is 0 Å². The molecule has 0 aliphatic carbocycles. The normalized spacial score (nSPS) is 10.9. The van der Waals surface area contributed by atoms with E-state index in [1.807, 2.05) is 18.2 Å². The van der Waals surface area contributed by atoms with Gasteiger partial charge in [0, 0.05) is 10.2 Å². The second kappa shape index (κ2) is 5.12. The molecular weight excluding hydrogens is 344 g/mol. The van der Waals surface area contributed by atoms with E-state index in [4.69, 9.17) is 11.6 Å². The smallest absolute Gasteiger partial charge is 0.188 e. The molecule has 0 aliphatic heterocycles. The minimum atomic E-state index is 0.700. The number of halogens is 2. The fourth-order valence-corrected chi connectivity index (χ4v) is 3.30. The van der Waals surface area contributed by atoms with E-state index in [0.29, 0.717) is 5.02 Å². The Morgan fingerprint density at radius 1 is 1.26 bits per heavy atom. The van der Waals surface area contributed by atoms with Gasteiger partial charge in [0.2, 0.25) is 0 Å². The Bertz CT molecular complexity index is 754. The Balaban J connectivity index is 1.96. The molecule has 0 spiro atoms. The van der Waals surface area contributed by atoms with Crippen molar-refractivity contribution in [3.05, 3.63) is 51.5 Å². The van der Waals surface area contributed by atoms with Gasteiger partial charge in [-0.25, -0.2) is 4.98 Å². The number of nitrogens with zero attached hydrogens (tertiary/aromatic N) is 1. The van der Waals surface area contributed by atoms with Crippen molar-refractivity contribution in [2.45, 2.75) is 6.92 Å². The van der Waals surface area contributed by atoms with E-state index in [-0.39, 0.29) is 0 Å². The van der Waals surface area contributed by atoms with Crippen LogP contribution in [0.1, 0.15) is 5.56 Å². The van der Waals surface area contributed by atoms with Crippen molar-refractivity contribution in [3.8, 4) is 0 Å². The van der Waals surface area contributed by atoms with Crippen LogP contribution in [0.4, 0.5) is 10.8 Å². The standard InChI is InChI=1S/C14H10BrClN2S/c1-8-3-2-4-12-13(8)18-14(19-12)17-9-5-6-11(16)10(15)7-9/h2-7H,1H3,(H,17,18). The van der Waals surface area contributed by atoms with Crippen molar-refractivity contribution < 1.29 is 0 Å². The number of hydrogen-bond donors (Lipinski definition) is 1. The number of benzene rings is 2. The minimum absolute atomic E-state index is 0.700. The second-order valence-corrected chi connectivity index (χ2v) is 6.49. The van der Waals surface area contributed by atoms with Crippen LogP contribution in [-0.4, -0.2) is 4.98 Å². The summed E-state index contributed by atoms with van der Waals surface area (Å²) in [5.41, 5.74) is 3.22. The number of aryl methyl sites for hydroxylation is 1. The van der Waals surface area contributed by atoms with E-state index in [2.05, 4.69) is 51.4 Å². The summed E-state index contributed by atoms with van der Waals surface area (Å²) >= 11 is 11.0. The molecule has 2 nitrogen and oxygen atoms in total. The number of aromatic nitrogens is 1. The van der Waals surface area contributed by atoms with E-state index in [0.717, 1.165) is 20.8 Å². The van der Waals surface area contributed by atoms with Crippen molar-refractivity contribution in [2.75, 3.05) is 5.32 Å². The number of thiazole rings is 1. The fourth-order valence-electron chi connectivity index (χ4n) is 1.84. The minimum Gasteiger partial charge on any atom is -0.331 e. The Morgan fingerprint density at radius 3 is 2.84 bits per heavy atom. The summed E-state index contributed by atoms with van der Waals surface area (Å²) in [5.74, 6) is 0. The Hall–Kier alpha value is -1.10. The van der Waals surface area contributed by atoms with Crippen LogP contribution in [0.5, 0.6) is 0 Å². The average Bonchev–Trinajstić information content (AvgIpc) is 2.78. The molecule has 1 aromatic heterocycles. The van der Waals surface area contributed by atoms with Crippen LogP contribution in [0.3, 0.4) is 0 Å². The first-order valence-corrected chi connectivity index (χ1v) is 7.70. The monoisotopic (exact) mass is 352 g/mol. The molecule has 1 N–H and O–H groups in total. The molecular formula is C14H10BrClN2S. The number of hydrogen-bond acceptors (Lipinski definition) is 3. The highest BCUT2D eigenvalue weighted by Gasteiger charge is 2.06. The third kappa shape index (κ3) is 2.61. The zero-order valence-corrected chi connectivity index (χ0v) is 13.2. The summed E-state index contributed by atoms with van der Waals surface area (Å²) < 4.78 is 2.06. The summed E-state index contributed by atoms with van der Waals surface area (Å²) in [6.07, 6.45) is 0. The van der Waals surface area contributed by atoms with Gasteiger partial charge in [-0.2, -0.15) is 0 Å². The van der Waals surface area contributed by atoms with Crippen molar-refractivity contribution in [1.29, 1.82) is 0 Å². The van der Waals surface area contributed by atoms with Crippen LogP contribution in [0.2, 0.25) is 5.02 Å². The molecule has 96 valence electrons. The molecule has 0 fully saturated rings. The van der Waals surface area contributed by atoms with Crippen molar-refractivity contribution >= 4 is 59.9 Å². The average molecular weight is 354 g/mol. The summed E-state index contributed by atoms with van der Waals surface area (Å²) in [4.78, 5) is 4.62. The van der Waals surface area contributed by atoms with E-state index >= 15 is 0 Å². The fraction of sp³-hybridized carbons (Fsp3) is 0.0714. The van der Waals surface area contributed by atoms with Gasteiger partial charge >= 0.3 is 0 Å². The molecule has 1 heterocycles. The predicted octanol–water partition coefficient (Wildman–Crippen LogP) is 5.76. The Labute approximate surface area is 128 Å². The topological polar surface area (TPSA) is 24.9 Å². The first kappa shape index (κ1) is 12.9. The highest BCUT2D eigenvalue weighted by molar-refractivity contribution is 9.10. The lowest BCUT2D eigenvalue weighted by atomic mass is 10.2. The summed E-state index contributed by atoms with van der Waals surface area (Å²) in [7, 11) is 0. The summed E-state index contributed by atoms with van der Waals surface area (Å²) in [5, 5.41) is 4.89. The Kier molecular flexibility index (Phi) is 3.48. The van der Waals surface area contributed by atoms with Crippen LogP contribution < -0.4 is 5.32 Å². The molecule has 2 aromatic carbocycles. The van der Waals surface area contributed by atoms with Crippen LogP contribution >= 0.6 is 38.9 Å².